The Labute approximate surface area is 143 Å². The second kappa shape index (κ2) is 7.40. The van der Waals surface area contributed by atoms with E-state index in [0.717, 1.165) is 43.4 Å². The molecule has 6 nitrogen and oxygen atoms in total. The van der Waals surface area contributed by atoms with E-state index in [1.54, 1.807) is 0 Å². The van der Waals surface area contributed by atoms with E-state index in [2.05, 4.69) is 24.1 Å². The molecule has 2 aliphatic heterocycles. The molecule has 0 unspecified atom stereocenters. The molecule has 0 bridgehead atoms. The number of fused-ring (bicyclic) bond motifs is 1. The Morgan fingerprint density at radius 1 is 1.21 bits per heavy atom. The largest absolute Gasteiger partial charge is 0.454 e. The number of hydrogen-bond donors (Lipinski definition) is 1. The van der Waals surface area contributed by atoms with Crippen LogP contribution in [0.1, 0.15) is 25.8 Å². The third kappa shape index (κ3) is 4.19. The van der Waals surface area contributed by atoms with Gasteiger partial charge in [0, 0.05) is 31.6 Å². The number of ether oxygens (including phenoxy) is 3. The van der Waals surface area contributed by atoms with Crippen molar-refractivity contribution in [3.8, 4) is 11.5 Å². The SMILES string of the molecule is CC(C)(CNC(=O)CCc1ccc2c(c1)OCO2)N1CCOCC1. The van der Waals surface area contributed by atoms with Crippen molar-refractivity contribution in [1.29, 1.82) is 0 Å². The van der Waals surface area contributed by atoms with Crippen LogP contribution >= 0.6 is 0 Å². The summed E-state index contributed by atoms with van der Waals surface area (Å²) in [6.07, 6.45) is 1.17. The quantitative estimate of drug-likeness (QED) is 0.856. The van der Waals surface area contributed by atoms with Crippen molar-refractivity contribution < 1.29 is 19.0 Å². The maximum absolute atomic E-state index is 12.2. The zero-order chi connectivity index (χ0) is 17.0. The van der Waals surface area contributed by atoms with Gasteiger partial charge in [-0.2, -0.15) is 0 Å². The molecule has 2 aliphatic rings. The molecule has 0 atom stereocenters. The highest BCUT2D eigenvalue weighted by molar-refractivity contribution is 5.76. The van der Waals surface area contributed by atoms with Crippen LogP contribution in [0.2, 0.25) is 0 Å². The van der Waals surface area contributed by atoms with Crippen LogP contribution in [0.5, 0.6) is 11.5 Å². The summed E-state index contributed by atoms with van der Waals surface area (Å²) in [6.45, 7) is 8.61. The standard InChI is InChI=1S/C18H26N2O4/c1-18(2,20-7-9-22-10-8-20)12-19-17(21)6-4-14-3-5-15-16(11-14)24-13-23-15/h3,5,11H,4,6-10,12-13H2,1-2H3,(H,19,21). The molecule has 1 aromatic rings. The molecular weight excluding hydrogens is 308 g/mol. The van der Waals surface area contributed by atoms with E-state index in [0.29, 0.717) is 19.4 Å². The van der Waals surface area contributed by atoms with E-state index in [-0.39, 0.29) is 18.2 Å². The first kappa shape index (κ1) is 17.0. The normalized spacial score (nSPS) is 17.8. The average Bonchev–Trinajstić information content (AvgIpc) is 3.07. The molecule has 1 N–H and O–H groups in total. The van der Waals surface area contributed by atoms with Crippen LogP contribution in [0.15, 0.2) is 18.2 Å². The smallest absolute Gasteiger partial charge is 0.231 e. The van der Waals surface area contributed by atoms with Crippen molar-refractivity contribution in [2.45, 2.75) is 32.2 Å². The molecule has 0 aromatic heterocycles. The van der Waals surface area contributed by atoms with Gasteiger partial charge in [-0.05, 0) is 38.0 Å². The number of carbonyl (C=O) groups excluding carboxylic acids is 1. The Kier molecular flexibility index (Phi) is 5.26. The van der Waals surface area contributed by atoms with Gasteiger partial charge in [-0.1, -0.05) is 6.07 Å². The minimum absolute atomic E-state index is 0.0574. The van der Waals surface area contributed by atoms with Gasteiger partial charge in [-0.15, -0.1) is 0 Å². The number of benzene rings is 1. The van der Waals surface area contributed by atoms with Gasteiger partial charge in [-0.25, -0.2) is 0 Å². The van der Waals surface area contributed by atoms with Crippen molar-refractivity contribution in [3.63, 3.8) is 0 Å². The highest BCUT2D eigenvalue weighted by atomic mass is 16.7. The van der Waals surface area contributed by atoms with E-state index in [1.165, 1.54) is 0 Å². The van der Waals surface area contributed by atoms with Crippen molar-refractivity contribution in [1.82, 2.24) is 10.2 Å². The number of nitrogens with one attached hydrogen (secondary N) is 1. The van der Waals surface area contributed by atoms with Crippen molar-refractivity contribution in [3.05, 3.63) is 23.8 Å². The van der Waals surface area contributed by atoms with Crippen LogP contribution in [-0.2, 0) is 16.0 Å². The van der Waals surface area contributed by atoms with Gasteiger partial charge in [0.05, 0.1) is 13.2 Å². The van der Waals surface area contributed by atoms with Gasteiger partial charge in [0.25, 0.3) is 0 Å². The summed E-state index contributed by atoms with van der Waals surface area (Å²) in [5.74, 6) is 1.62. The van der Waals surface area contributed by atoms with E-state index in [4.69, 9.17) is 14.2 Å². The van der Waals surface area contributed by atoms with Crippen LogP contribution in [0.3, 0.4) is 0 Å². The molecule has 0 aliphatic carbocycles. The van der Waals surface area contributed by atoms with Gasteiger partial charge in [-0.3, -0.25) is 9.69 Å². The van der Waals surface area contributed by atoms with Gasteiger partial charge in [0.15, 0.2) is 11.5 Å². The molecule has 6 heteroatoms. The molecule has 0 radical (unpaired) electrons. The third-order valence-corrected chi connectivity index (χ3v) is 4.66. The van der Waals surface area contributed by atoms with Crippen LogP contribution in [-0.4, -0.2) is 56.0 Å². The van der Waals surface area contributed by atoms with Gasteiger partial charge in [0.1, 0.15) is 0 Å². The highest BCUT2D eigenvalue weighted by Crippen LogP contribution is 2.32. The topological polar surface area (TPSA) is 60.0 Å². The number of amides is 1. The lowest BCUT2D eigenvalue weighted by Crippen LogP contribution is -2.55. The molecule has 1 fully saturated rings. The van der Waals surface area contributed by atoms with Gasteiger partial charge in [0.2, 0.25) is 12.7 Å². The van der Waals surface area contributed by atoms with Crippen LogP contribution in [0.4, 0.5) is 0 Å². The zero-order valence-electron chi connectivity index (χ0n) is 14.5. The van der Waals surface area contributed by atoms with Crippen LogP contribution < -0.4 is 14.8 Å². The fraction of sp³-hybridized carbons (Fsp3) is 0.611. The molecule has 1 aromatic carbocycles. The van der Waals surface area contributed by atoms with Crippen LogP contribution in [0, 0.1) is 0 Å². The molecule has 1 saturated heterocycles. The zero-order valence-corrected chi connectivity index (χ0v) is 14.5. The minimum atomic E-state index is -0.0574. The van der Waals surface area contributed by atoms with E-state index < -0.39 is 0 Å². The van der Waals surface area contributed by atoms with E-state index in [1.807, 2.05) is 18.2 Å². The molecular formula is C18H26N2O4. The molecule has 132 valence electrons. The predicted octanol–water partition coefficient (Wildman–Crippen LogP) is 1.57. The summed E-state index contributed by atoms with van der Waals surface area (Å²) in [5, 5.41) is 3.07. The van der Waals surface area contributed by atoms with Crippen molar-refractivity contribution in [2.75, 3.05) is 39.6 Å². The monoisotopic (exact) mass is 334 g/mol. The summed E-state index contributed by atoms with van der Waals surface area (Å²) in [5.41, 5.74) is 1.03. The molecule has 24 heavy (non-hydrogen) atoms. The number of hydrogen-bond acceptors (Lipinski definition) is 5. The number of carbonyl (C=O) groups is 1. The van der Waals surface area contributed by atoms with Crippen molar-refractivity contribution in [2.24, 2.45) is 0 Å². The molecule has 1 amide bonds. The molecule has 0 saturated carbocycles. The van der Waals surface area contributed by atoms with Gasteiger partial charge >= 0.3 is 0 Å². The summed E-state index contributed by atoms with van der Waals surface area (Å²) in [4.78, 5) is 14.5. The molecule has 0 spiro atoms. The number of aryl methyl sites for hydroxylation is 1. The Morgan fingerprint density at radius 3 is 2.75 bits per heavy atom. The summed E-state index contributed by atoms with van der Waals surface area (Å²) in [6, 6.07) is 5.84. The van der Waals surface area contributed by atoms with Gasteiger partial charge < -0.3 is 19.5 Å². The Hall–Kier alpha value is -1.79. The second-order valence-electron chi connectivity index (χ2n) is 6.88. The van der Waals surface area contributed by atoms with Crippen LogP contribution in [0.25, 0.3) is 0 Å². The summed E-state index contributed by atoms with van der Waals surface area (Å²) >= 11 is 0. The molecule has 2 heterocycles. The van der Waals surface area contributed by atoms with E-state index >= 15 is 0 Å². The Bertz CT molecular complexity index is 582. The molecule has 3 rings (SSSR count). The number of rotatable bonds is 6. The van der Waals surface area contributed by atoms with Crippen molar-refractivity contribution >= 4 is 5.91 Å². The second-order valence-corrected chi connectivity index (χ2v) is 6.88. The number of morpholine rings is 1. The third-order valence-electron chi connectivity index (χ3n) is 4.66. The summed E-state index contributed by atoms with van der Waals surface area (Å²) in [7, 11) is 0. The lowest BCUT2D eigenvalue weighted by Gasteiger charge is -2.40. The lowest BCUT2D eigenvalue weighted by atomic mass is 10.0. The fourth-order valence-corrected chi connectivity index (χ4v) is 3.04. The lowest BCUT2D eigenvalue weighted by molar-refractivity contribution is -0.121. The average molecular weight is 334 g/mol. The van der Waals surface area contributed by atoms with E-state index in [9.17, 15) is 4.79 Å². The minimum Gasteiger partial charge on any atom is -0.454 e. The maximum Gasteiger partial charge on any atom is 0.231 e. The maximum atomic E-state index is 12.2. The first-order valence-electron chi connectivity index (χ1n) is 8.53. The Balaban J connectivity index is 1.44. The first-order chi connectivity index (χ1) is 11.5. The fourth-order valence-electron chi connectivity index (χ4n) is 3.04. The Morgan fingerprint density at radius 2 is 1.96 bits per heavy atom. The summed E-state index contributed by atoms with van der Waals surface area (Å²) < 4.78 is 16.1. The highest BCUT2D eigenvalue weighted by Gasteiger charge is 2.28. The predicted molar refractivity (Wildman–Crippen MR) is 90.4 cm³/mol. The first-order valence-corrected chi connectivity index (χ1v) is 8.53. The number of nitrogens with zero attached hydrogens (tertiary/aromatic N) is 1.